The van der Waals surface area contributed by atoms with Crippen LogP contribution in [0.25, 0.3) is 0 Å². The Morgan fingerprint density at radius 3 is 2.81 bits per heavy atom. The van der Waals surface area contributed by atoms with Crippen molar-refractivity contribution in [2.45, 2.75) is 45.5 Å². The first kappa shape index (κ1) is 14.2. The molecule has 0 spiro atoms. The molecule has 0 unspecified atom stereocenters. The van der Waals surface area contributed by atoms with Crippen LogP contribution in [0.5, 0.6) is 0 Å². The Balaban J connectivity index is 1.54. The normalized spacial score (nSPS) is 18.1. The summed E-state index contributed by atoms with van der Waals surface area (Å²) < 4.78 is 5.36. The van der Waals surface area contributed by atoms with E-state index in [0.29, 0.717) is 19.1 Å². The number of likely N-dealkylation sites (tertiary alicyclic amines) is 1. The van der Waals surface area contributed by atoms with Crippen molar-refractivity contribution < 1.29 is 9.53 Å². The van der Waals surface area contributed by atoms with Gasteiger partial charge in [0.1, 0.15) is 5.60 Å². The van der Waals surface area contributed by atoms with E-state index < -0.39 is 5.60 Å². The second-order valence-electron chi connectivity index (χ2n) is 6.77. The van der Waals surface area contributed by atoms with Crippen LogP contribution in [0.1, 0.15) is 31.9 Å². The quantitative estimate of drug-likeness (QED) is 0.877. The molecule has 2 aliphatic rings. The van der Waals surface area contributed by atoms with Gasteiger partial charge in [-0.3, -0.25) is 0 Å². The SMILES string of the molecule is CC(C)(C)OC(=O)N1CC(Nc2cccc3c2CNC3)C1. The number of ether oxygens (including phenoxy) is 1. The number of nitrogens with one attached hydrogen (secondary N) is 2. The van der Waals surface area contributed by atoms with Gasteiger partial charge < -0.3 is 20.3 Å². The molecule has 0 aromatic heterocycles. The third kappa shape index (κ3) is 3.13. The van der Waals surface area contributed by atoms with Gasteiger partial charge in [0.15, 0.2) is 0 Å². The molecule has 5 nitrogen and oxygen atoms in total. The van der Waals surface area contributed by atoms with Crippen molar-refractivity contribution in [1.82, 2.24) is 10.2 Å². The van der Waals surface area contributed by atoms with Gasteiger partial charge in [-0.15, -0.1) is 0 Å². The highest BCUT2D eigenvalue weighted by atomic mass is 16.6. The third-order valence-electron chi connectivity index (χ3n) is 3.78. The average Bonchev–Trinajstić information content (AvgIpc) is 2.79. The fraction of sp³-hybridized carbons (Fsp3) is 0.562. The van der Waals surface area contributed by atoms with Crippen LogP contribution in [0.2, 0.25) is 0 Å². The molecule has 1 aromatic carbocycles. The first-order valence-electron chi connectivity index (χ1n) is 7.48. The summed E-state index contributed by atoms with van der Waals surface area (Å²) >= 11 is 0. The van der Waals surface area contributed by atoms with Crippen LogP contribution < -0.4 is 10.6 Å². The van der Waals surface area contributed by atoms with Gasteiger partial charge in [0, 0.05) is 31.9 Å². The van der Waals surface area contributed by atoms with E-state index in [2.05, 4.69) is 28.8 Å². The van der Waals surface area contributed by atoms with Crippen LogP contribution in [0.15, 0.2) is 18.2 Å². The van der Waals surface area contributed by atoms with Crippen LogP contribution in [-0.2, 0) is 17.8 Å². The minimum atomic E-state index is -0.429. The molecule has 114 valence electrons. The molecule has 0 atom stereocenters. The first-order valence-corrected chi connectivity index (χ1v) is 7.48. The molecule has 2 heterocycles. The molecule has 3 rings (SSSR count). The zero-order chi connectivity index (χ0) is 15.0. The molecule has 2 N–H and O–H groups in total. The van der Waals surface area contributed by atoms with Gasteiger partial charge in [-0.2, -0.15) is 0 Å². The number of hydrogen-bond donors (Lipinski definition) is 2. The molecule has 1 fully saturated rings. The zero-order valence-corrected chi connectivity index (χ0v) is 12.9. The van der Waals surface area contributed by atoms with Gasteiger partial charge in [-0.1, -0.05) is 12.1 Å². The van der Waals surface area contributed by atoms with Crippen LogP contribution in [0.4, 0.5) is 10.5 Å². The highest BCUT2D eigenvalue weighted by molar-refractivity contribution is 5.70. The van der Waals surface area contributed by atoms with E-state index in [0.717, 1.165) is 13.1 Å². The smallest absolute Gasteiger partial charge is 0.410 e. The zero-order valence-electron chi connectivity index (χ0n) is 12.9. The summed E-state index contributed by atoms with van der Waals surface area (Å²) in [7, 11) is 0. The molecule has 5 heteroatoms. The maximum Gasteiger partial charge on any atom is 0.410 e. The van der Waals surface area contributed by atoms with Crippen molar-refractivity contribution in [2.75, 3.05) is 18.4 Å². The minimum absolute atomic E-state index is 0.222. The van der Waals surface area contributed by atoms with E-state index in [4.69, 9.17) is 4.74 Å². The monoisotopic (exact) mass is 289 g/mol. The number of fused-ring (bicyclic) bond motifs is 1. The van der Waals surface area contributed by atoms with Gasteiger partial charge in [0.05, 0.1) is 6.04 Å². The molecule has 2 aliphatic heterocycles. The second kappa shape index (κ2) is 5.22. The molecule has 1 aromatic rings. The number of amides is 1. The summed E-state index contributed by atoms with van der Waals surface area (Å²) in [6.45, 7) is 8.93. The van der Waals surface area contributed by atoms with E-state index in [1.807, 2.05) is 20.8 Å². The third-order valence-corrected chi connectivity index (χ3v) is 3.78. The van der Waals surface area contributed by atoms with Crippen molar-refractivity contribution in [3.63, 3.8) is 0 Å². The number of carbonyl (C=O) groups excluding carboxylic acids is 1. The largest absolute Gasteiger partial charge is 0.444 e. The molecule has 1 amide bonds. The number of nitrogens with zero attached hydrogens (tertiary/aromatic N) is 1. The predicted octanol–water partition coefficient (Wildman–Crippen LogP) is 2.32. The first-order chi connectivity index (χ1) is 9.92. The Bertz CT molecular complexity index is 545. The van der Waals surface area contributed by atoms with Crippen molar-refractivity contribution >= 4 is 11.8 Å². The summed E-state index contributed by atoms with van der Waals surface area (Å²) in [5.41, 5.74) is 3.48. The van der Waals surface area contributed by atoms with Crippen LogP contribution in [0.3, 0.4) is 0 Å². The molecule has 0 saturated carbocycles. The number of hydrogen-bond acceptors (Lipinski definition) is 4. The summed E-state index contributed by atoms with van der Waals surface area (Å²) in [5, 5.41) is 6.90. The molecule has 0 radical (unpaired) electrons. The number of carbonyl (C=O) groups is 1. The fourth-order valence-electron chi connectivity index (χ4n) is 2.73. The Hall–Kier alpha value is -1.75. The van der Waals surface area contributed by atoms with E-state index >= 15 is 0 Å². The molecular formula is C16H23N3O2. The standard InChI is InChI=1S/C16H23N3O2/c1-16(2,3)21-15(20)19-9-12(10-19)18-14-6-4-5-11-7-17-8-13(11)14/h4-6,12,17-18H,7-10H2,1-3H3. The summed E-state index contributed by atoms with van der Waals surface area (Å²) in [4.78, 5) is 13.6. The number of rotatable bonds is 2. The average molecular weight is 289 g/mol. The molecule has 0 bridgehead atoms. The van der Waals surface area contributed by atoms with Gasteiger partial charge in [-0.05, 0) is 38.0 Å². The molecular weight excluding hydrogens is 266 g/mol. The number of benzene rings is 1. The van der Waals surface area contributed by atoms with Crippen molar-refractivity contribution in [1.29, 1.82) is 0 Å². The van der Waals surface area contributed by atoms with E-state index in [1.54, 1.807) is 4.90 Å². The van der Waals surface area contributed by atoms with Crippen LogP contribution in [-0.4, -0.2) is 35.7 Å². The Kier molecular flexibility index (Phi) is 3.53. The second-order valence-corrected chi connectivity index (χ2v) is 6.77. The number of anilines is 1. The van der Waals surface area contributed by atoms with E-state index in [9.17, 15) is 4.79 Å². The Labute approximate surface area is 125 Å². The summed E-state index contributed by atoms with van der Waals surface area (Å²) in [6, 6.07) is 6.67. The molecule has 21 heavy (non-hydrogen) atoms. The lowest BCUT2D eigenvalue weighted by atomic mass is 10.1. The highest BCUT2D eigenvalue weighted by Crippen LogP contribution is 2.26. The van der Waals surface area contributed by atoms with Crippen molar-refractivity contribution in [2.24, 2.45) is 0 Å². The van der Waals surface area contributed by atoms with Crippen molar-refractivity contribution in [3.05, 3.63) is 29.3 Å². The van der Waals surface area contributed by atoms with Gasteiger partial charge in [0.25, 0.3) is 0 Å². The Morgan fingerprint density at radius 2 is 2.10 bits per heavy atom. The lowest BCUT2D eigenvalue weighted by Crippen LogP contribution is -2.58. The lowest BCUT2D eigenvalue weighted by Gasteiger charge is -2.40. The molecule has 0 aliphatic carbocycles. The van der Waals surface area contributed by atoms with Crippen LogP contribution >= 0.6 is 0 Å². The maximum absolute atomic E-state index is 11.9. The lowest BCUT2D eigenvalue weighted by molar-refractivity contribution is 0.0105. The summed E-state index contributed by atoms with van der Waals surface area (Å²) in [6.07, 6.45) is -0.222. The fourth-order valence-corrected chi connectivity index (χ4v) is 2.73. The molecule has 1 saturated heterocycles. The topological polar surface area (TPSA) is 53.6 Å². The van der Waals surface area contributed by atoms with E-state index in [-0.39, 0.29) is 6.09 Å². The van der Waals surface area contributed by atoms with Gasteiger partial charge in [-0.25, -0.2) is 4.79 Å². The van der Waals surface area contributed by atoms with Gasteiger partial charge in [0.2, 0.25) is 0 Å². The highest BCUT2D eigenvalue weighted by Gasteiger charge is 2.34. The van der Waals surface area contributed by atoms with Crippen LogP contribution in [0, 0.1) is 0 Å². The van der Waals surface area contributed by atoms with E-state index in [1.165, 1.54) is 16.8 Å². The maximum atomic E-state index is 11.9. The summed E-state index contributed by atoms with van der Waals surface area (Å²) in [5.74, 6) is 0. The Morgan fingerprint density at radius 1 is 1.33 bits per heavy atom. The van der Waals surface area contributed by atoms with Gasteiger partial charge >= 0.3 is 6.09 Å². The predicted molar refractivity (Wildman–Crippen MR) is 82.2 cm³/mol. The van der Waals surface area contributed by atoms with Crippen molar-refractivity contribution in [3.8, 4) is 0 Å². The minimum Gasteiger partial charge on any atom is -0.444 e.